The van der Waals surface area contributed by atoms with E-state index in [9.17, 15) is 9.90 Å². The van der Waals surface area contributed by atoms with Gasteiger partial charge in [0.15, 0.2) is 0 Å². The Labute approximate surface area is 168 Å². The summed E-state index contributed by atoms with van der Waals surface area (Å²) in [6, 6.07) is 0. The number of aliphatic hydroxyl groups excluding tert-OH is 1. The highest BCUT2D eigenvalue weighted by Crippen LogP contribution is 2.13. The molecule has 0 fully saturated rings. The summed E-state index contributed by atoms with van der Waals surface area (Å²) in [5, 5.41) is 9.53. The quantitative estimate of drug-likeness (QED) is 0.189. The van der Waals surface area contributed by atoms with Crippen molar-refractivity contribution in [1.29, 1.82) is 0 Å². The molecule has 0 aromatic heterocycles. The Bertz CT molecular complexity index is 307. The van der Waals surface area contributed by atoms with Gasteiger partial charge in [0.1, 0.15) is 12.7 Å². The Balaban J connectivity index is 3.08. The zero-order valence-corrected chi connectivity index (χ0v) is 18.2. The van der Waals surface area contributed by atoms with E-state index in [-0.39, 0.29) is 19.2 Å². The molecule has 0 spiro atoms. The molecule has 0 aromatic rings. The van der Waals surface area contributed by atoms with Crippen LogP contribution in [0.5, 0.6) is 0 Å². The topological polar surface area (TPSA) is 55.8 Å². The first-order chi connectivity index (χ1) is 13.2. The fraction of sp³-hybridized carbons (Fsp3) is 0.957. The van der Waals surface area contributed by atoms with Gasteiger partial charge in [-0.2, -0.15) is 0 Å². The number of carbonyl (C=O) groups excluding carboxylic acids is 1. The molecule has 0 bridgehead atoms. The van der Waals surface area contributed by atoms with Crippen molar-refractivity contribution >= 4 is 5.97 Å². The molecule has 4 nitrogen and oxygen atoms in total. The van der Waals surface area contributed by atoms with Crippen LogP contribution in [0.15, 0.2) is 0 Å². The summed E-state index contributed by atoms with van der Waals surface area (Å²) < 4.78 is 10.1. The maximum absolute atomic E-state index is 10.6. The average Bonchev–Trinajstić information content (AvgIpc) is 2.65. The summed E-state index contributed by atoms with van der Waals surface area (Å²) in [7, 11) is 0. The van der Waals surface area contributed by atoms with Gasteiger partial charge in [0, 0.05) is 13.5 Å². The van der Waals surface area contributed by atoms with Crippen LogP contribution >= 0.6 is 0 Å². The van der Waals surface area contributed by atoms with Gasteiger partial charge in [0.2, 0.25) is 0 Å². The number of hydrogen-bond acceptors (Lipinski definition) is 4. The molecule has 27 heavy (non-hydrogen) atoms. The van der Waals surface area contributed by atoms with Gasteiger partial charge in [-0.25, -0.2) is 0 Å². The van der Waals surface area contributed by atoms with E-state index in [2.05, 4.69) is 6.92 Å². The SMILES string of the molecule is CCCCCCCCCCCCCCCCCCOC[C@@H](O)COC(C)=O. The lowest BCUT2D eigenvalue weighted by atomic mass is 10.0. The molecule has 1 atom stereocenters. The van der Waals surface area contributed by atoms with Crippen molar-refractivity contribution in [2.24, 2.45) is 0 Å². The van der Waals surface area contributed by atoms with Gasteiger partial charge < -0.3 is 14.6 Å². The highest BCUT2D eigenvalue weighted by Gasteiger charge is 2.05. The first kappa shape index (κ1) is 26.4. The number of ether oxygens (including phenoxy) is 2. The third-order valence-corrected chi connectivity index (χ3v) is 4.93. The largest absolute Gasteiger partial charge is 0.463 e. The lowest BCUT2D eigenvalue weighted by Gasteiger charge is -2.10. The summed E-state index contributed by atoms with van der Waals surface area (Å²) in [5.41, 5.74) is 0. The molecule has 0 saturated heterocycles. The Morgan fingerprint density at radius 3 is 1.52 bits per heavy atom. The molecule has 0 aliphatic carbocycles. The maximum Gasteiger partial charge on any atom is 0.302 e. The molecule has 0 saturated carbocycles. The molecule has 0 rings (SSSR count). The molecular formula is C23H46O4. The normalized spacial score (nSPS) is 12.3. The van der Waals surface area contributed by atoms with E-state index in [1.165, 1.54) is 103 Å². The predicted octanol–water partition coefficient (Wildman–Crippen LogP) is 6.19. The molecule has 0 radical (unpaired) electrons. The summed E-state index contributed by atoms with van der Waals surface area (Å²) >= 11 is 0. The summed E-state index contributed by atoms with van der Waals surface area (Å²) in [4.78, 5) is 10.6. The fourth-order valence-corrected chi connectivity index (χ4v) is 3.23. The minimum Gasteiger partial charge on any atom is -0.463 e. The van der Waals surface area contributed by atoms with Crippen LogP contribution in [-0.4, -0.2) is 37.0 Å². The minimum atomic E-state index is -0.713. The van der Waals surface area contributed by atoms with Crippen molar-refractivity contribution in [1.82, 2.24) is 0 Å². The third-order valence-electron chi connectivity index (χ3n) is 4.93. The second-order valence-electron chi connectivity index (χ2n) is 7.83. The van der Waals surface area contributed by atoms with Gasteiger partial charge >= 0.3 is 5.97 Å². The lowest BCUT2D eigenvalue weighted by molar-refractivity contribution is -0.145. The van der Waals surface area contributed by atoms with Gasteiger partial charge in [0.25, 0.3) is 0 Å². The second kappa shape index (κ2) is 21.7. The van der Waals surface area contributed by atoms with E-state index in [0.29, 0.717) is 6.61 Å². The van der Waals surface area contributed by atoms with E-state index in [0.717, 1.165) is 6.42 Å². The Morgan fingerprint density at radius 2 is 1.11 bits per heavy atom. The van der Waals surface area contributed by atoms with Crippen molar-refractivity contribution in [3.05, 3.63) is 0 Å². The standard InChI is InChI=1S/C23H46O4/c1-3-4-5-6-7-8-9-10-11-12-13-14-15-16-17-18-19-26-20-23(25)21-27-22(2)24/h23,25H,3-21H2,1-2H3/t23-/m1/s1. The Kier molecular flexibility index (Phi) is 21.2. The van der Waals surface area contributed by atoms with Crippen LogP contribution in [0.1, 0.15) is 117 Å². The van der Waals surface area contributed by atoms with Crippen LogP contribution in [0.4, 0.5) is 0 Å². The van der Waals surface area contributed by atoms with Gasteiger partial charge in [-0.15, -0.1) is 0 Å². The maximum atomic E-state index is 10.6. The van der Waals surface area contributed by atoms with Gasteiger partial charge in [-0.1, -0.05) is 103 Å². The number of aliphatic hydroxyl groups is 1. The molecule has 1 N–H and O–H groups in total. The zero-order chi connectivity index (χ0) is 20.0. The van der Waals surface area contributed by atoms with E-state index >= 15 is 0 Å². The van der Waals surface area contributed by atoms with Crippen molar-refractivity contribution in [2.45, 2.75) is 123 Å². The summed E-state index contributed by atoms with van der Waals surface area (Å²) in [6.07, 6.45) is 21.0. The smallest absolute Gasteiger partial charge is 0.302 e. The first-order valence-corrected chi connectivity index (χ1v) is 11.6. The Hall–Kier alpha value is -0.610. The van der Waals surface area contributed by atoms with Crippen molar-refractivity contribution < 1.29 is 19.4 Å². The number of hydrogen-bond donors (Lipinski definition) is 1. The molecule has 0 amide bonds. The molecular weight excluding hydrogens is 340 g/mol. The summed E-state index contributed by atoms with van der Waals surface area (Å²) in [5.74, 6) is -0.369. The van der Waals surface area contributed by atoms with Gasteiger partial charge in [0.05, 0.1) is 6.61 Å². The van der Waals surface area contributed by atoms with Crippen molar-refractivity contribution in [2.75, 3.05) is 19.8 Å². The molecule has 162 valence electrons. The van der Waals surface area contributed by atoms with Crippen LogP contribution in [0.25, 0.3) is 0 Å². The number of rotatable bonds is 21. The van der Waals surface area contributed by atoms with Gasteiger partial charge in [-0.05, 0) is 6.42 Å². The number of unbranched alkanes of at least 4 members (excludes halogenated alkanes) is 15. The van der Waals surface area contributed by atoms with Crippen LogP contribution in [-0.2, 0) is 14.3 Å². The van der Waals surface area contributed by atoms with Gasteiger partial charge in [-0.3, -0.25) is 4.79 Å². The van der Waals surface area contributed by atoms with Crippen LogP contribution in [0.3, 0.4) is 0 Å². The fourth-order valence-electron chi connectivity index (χ4n) is 3.23. The molecule has 0 aliphatic rings. The Morgan fingerprint density at radius 1 is 0.704 bits per heavy atom. The molecule has 4 heteroatoms. The second-order valence-corrected chi connectivity index (χ2v) is 7.83. The van der Waals surface area contributed by atoms with Crippen molar-refractivity contribution in [3.8, 4) is 0 Å². The molecule has 0 unspecified atom stereocenters. The van der Waals surface area contributed by atoms with Crippen LogP contribution in [0.2, 0.25) is 0 Å². The molecule has 0 aromatic carbocycles. The summed E-state index contributed by atoms with van der Waals surface area (Å²) in [6.45, 7) is 4.55. The number of esters is 1. The molecule has 0 heterocycles. The number of carbonyl (C=O) groups is 1. The lowest BCUT2D eigenvalue weighted by Crippen LogP contribution is -2.23. The first-order valence-electron chi connectivity index (χ1n) is 11.6. The predicted molar refractivity (Wildman–Crippen MR) is 113 cm³/mol. The third kappa shape index (κ3) is 23.4. The van der Waals surface area contributed by atoms with E-state index in [1.807, 2.05) is 0 Å². The minimum absolute atomic E-state index is 0.0221. The highest BCUT2D eigenvalue weighted by molar-refractivity contribution is 5.65. The highest BCUT2D eigenvalue weighted by atomic mass is 16.5. The zero-order valence-electron chi connectivity index (χ0n) is 18.2. The van der Waals surface area contributed by atoms with E-state index < -0.39 is 6.10 Å². The molecule has 0 aliphatic heterocycles. The van der Waals surface area contributed by atoms with Crippen molar-refractivity contribution in [3.63, 3.8) is 0 Å². The van der Waals surface area contributed by atoms with E-state index in [4.69, 9.17) is 9.47 Å². The van der Waals surface area contributed by atoms with E-state index in [1.54, 1.807) is 0 Å². The monoisotopic (exact) mass is 386 g/mol. The van der Waals surface area contributed by atoms with Crippen LogP contribution in [0, 0.1) is 0 Å². The van der Waals surface area contributed by atoms with Crippen LogP contribution < -0.4 is 0 Å². The average molecular weight is 387 g/mol.